The molecule has 0 atom stereocenters. The van der Waals surface area contributed by atoms with Crippen molar-refractivity contribution in [1.29, 1.82) is 0 Å². The lowest BCUT2D eigenvalue weighted by molar-refractivity contribution is 0.606. The van der Waals surface area contributed by atoms with Crippen LogP contribution in [0, 0.1) is 0 Å². The van der Waals surface area contributed by atoms with E-state index in [0.29, 0.717) is 5.82 Å². The van der Waals surface area contributed by atoms with E-state index in [4.69, 9.17) is 9.97 Å². The second-order valence-electron chi connectivity index (χ2n) is 17.9. The zero-order valence-electron chi connectivity index (χ0n) is 36.4. The zero-order valence-corrected chi connectivity index (χ0v) is 37.2. The number of benzene rings is 10. The van der Waals surface area contributed by atoms with Gasteiger partial charge in [-0.3, -0.25) is 0 Å². The van der Waals surface area contributed by atoms with Crippen molar-refractivity contribution in [1.82, 2.24) is 9.97 Å². The van der Waals surface area contributed by atoms with Crippen molar-refractivity contribution in [2.24, 2.45) is 0 Å². The van der Waals surface area contributed by atoms with Crippen molar-refractivity contribution in [2.45, 2.75) is 20.6 Å². The summed E-state index contributed by atoms with van der Waals surface area (Å²) in [5.41, 5.74) is 19.4. The minimum atomic E-state index is -0.600. The fourth-order valence-corrected chi connectivity index (χ4v) is 13.2. The van der Waals surface area contributed by atoms with Crippen molar-refractivity contribution in [3.63, 3.8) is 0 Å². The van der Waals surface area contributed by atoms with Gasteiger partial charge in [0.25, 0.3) is 0 Å². The molecular formula is C64H40N2S. The Morgan fingerprint density at radius 1 is 0.284 bits per heavy atom. The largest absolute Gasteiger partial charge is 0.228 e. The summed E-state index contributed by atoms with van der Waals surface area (Å²) in [6, 6.07) is 89.5. The fourth-order valence-electron chi connectivity index (χ4n) is 11.9. The smallest absolute Gasteiger partial charge is 0.160 e. The van der Waals surface area contributed by atoms with Crippen LogP contribution in [0.4, 0.5) is 0 Å². The standard InChI is InChI=1S/C64H40N2S/c1-2-19-42(20-3-1)58-40-59(45-37-36-41-18-4-5-21-43(41)38-45)66-62(65-58)46-23-16-22-44(39-46)47-26-17-34-57-61(47)67-60-35-15-14-33-56(60)64(57)54-31-12-10-29-52(54)63(53-30-11-13-32-55(53)64)50-27-8-6-24-48(50)49-25-7-9-28-51(49)63/h1-40H. The minimum Gasteiger partial charge on any atom is -0.228 e. The molecule has 0 saturated carbocycles. The van der Waals surface area contributed by atoms with Gasteiger partial charge in [0.15, 0.2) is 5.82 Å². The summed E-state index contributed by atoms with van der Waals surface area (Å²) in [7, 11) is 0. The van der Waals surface area contributed by atoms with E-state index < -0.39 is 10.8 Å². The average Bonchev–Trinajstić information content (AvgIpc) is 3.70. The van der Waals surface area contributed by atoms with Crippen LogP contribution in [0.5, 0.6) is 0 Å². The lowest BCUT2D eigenvalue weighted by Crippen LogP contribution is -2.45. The molecule has 0 bridgehead atoms. The highest BCUT2D eigenvalue weighted by Crippen LogP contribution is 2.67. The normalized spacial score (nSPS) is 14.1. The SMILES string of the molecule is c1ccc(-c2cc(-c3ccc4ccccc4c3)nc(-c3cccc(-c4cccc5c4Sc4ccccc4C54c5ccccc5C5(c6ccccc6-c6ccccc65)c5ccccc54)c3)n2)cc1. The third kappa shape index (κ3) is 5.41. The summed E-state index contributed by atoms with van der Waals surface area (Å²) >= 11 is 1.89. The zero-order chi connectivity index (χ0) is 44.1. The molecule has 0 saturated heterocycles. The van der Waals surface area contributed by atoms with Crippen LogP contribution in [0.1, 0.15) is 44.5 Å². The molecule has 3 heteroatoms. The molecule has 1 aromatic heterocycles. The van der Waals surface area contributed by atoms with Crippen LogP contribution in [0.15, 0.2) is 252 Å². The molecule has 2 aliphatic carbocycles. The summed E-state index contributed by atoms with van der Waals surface area (Å²) in [6.07, 6.45) is 0. The van der Waals surface area contributed by atoms with Crippen molar-refractivity contribution >= 4 is 22.5 Å². The van der Waals surface area contributed by atoms with Gasteiger partial charge in [-0.2, -0.15) is 0 Å². The fraction of sp³-hybridized carbons (Fsp3) is 0.0312. The Balaban J connectivity index is 0.991. The maximum Gasteiger partial charge on any atom is 0.160 e. The summed E-state index contributed by atoms with van der Waals surface area (Å²) in [5.74, 6) is 0.697. The van der Waals surface area contributed by atoms with E-state index in [1.54, 1.807) is 0 Å². The van der Waals surface area contributed by atoms with Gasteiger partial charge in [0.05, 0.1) is 22.2 Å². The molecule has 11 aromatic rings. The molecular weight excluding hydrogens is 829 g/mol. The van der Waals surface area contributed by atoms with Gasteiger partial charge in [0.1, 0.15) is 0 Å². The third-order valence-corrected chi connectivity index (χ3v) is 15.8. The molecule has 10 aromatic carbocycles. The Bertz CT molecular complexity index is 3720. The number of nitrogens with zero attached hydrogens (tertiary/aromatic N) is 2. The molecule has 0 unspecified atom stereocenters. The second kappa shape index (κ2) is 14.7. The lowest BCUT2D eigenvalue weighted by Gasteiger charge is -2.52. The van der Waals surface area contributed by atoms with E-state index in [-0.39, 0.29) is 0 Å². The van der Waals surface area contributed by atoms with Gasteiger partial charge >= 0.3 is 0 Å². The van der Waals surface area contributed by atoms with Gasteiger partial charge in [-0.05, 0) is 102 Å². The molecule has 2 nitrogen and oxygen atoms in total. The number of aromatic nitrogens is 2. The second-order valence-corrected chi connectivity index (χ2v) is 19.0. The predicted octanol–water partition coefficient (Wildman–Crippen LogP) is 15.8. The van der Waals surface area contributed by atoms with Crippen molar-refractivity contribution in [2.75, 3.05) is 0 Å². The van der Waals surface area contributed by atoms with Crippen LogP contribution in [0.25, 0.3) is 66.9 Å². The first kappa shape index (κ1) is 38.2. The number of fused-ring (bicyclic) bond motifs is 16. The Labute approximate surface area is 394 Å². The highest BCUT2D eigenvalue weighted by atomic mass is 32.2. The third-order valence-electron chi connectivity index (χ3n) is 14.6. The monoisotopic (exact) mass is 868 g/mol. The molecule has 2 spiro atoms. The van der Waals surface area contributed by atoms with E-state index in [1.807, 2.05) is 11.8 Å². The van der Waals surface area contributed by atoms with Gasteiger partial charge in [-0.1, -0.05) is 230 Å². The summed E-state index contributed by atoms with van der Waals surface area (Å²) in [5, 5.41) is 2.39. The summed E-state index contributed by atoms with van der Waals surface area (Å²) < 4.78 is 0. The Kier molecular flexibility index (Phi) is 8.38. The van der Waals surface area contributed by atoms with Gasteiger partial charge in [-0.15, -0.1) is 0 Å². The molecule has 312 valence electrons. The quantitative estimate of drug-likeness (QED) is 0.176. The Morgan fingerprint density at radius 3 is 1.45 bits per heavy atom. The summed E-state index contributed by atoms with van der Waals surface area (Å²) in [6.45, 7) is 0. The van der Waals surface area contributed by atoms with E-state index >= 15 is 0 Å². The average molecular weight is 869 g/mol. The van der Waals surface area contributed by atoms with Crippen molar-refractivity contribution in [3.8, 4) is 56.2 Å². The van der Waals surface area contributed by atoms with Crippen LogP contribution < -0.4 is 0 Å². The molecule has 67 heavy (non-hydrogen) atoms. The Morgan fingerprint density at radius 2 is 0.761 bits per heavy atom. The molecule has 0 N–H and O–H groups in total. The van der Waals surface area contributed by atoms with Crippen molar-refractivity contribution < 1.29 is 0 Å². The van der Waals surface area contributed by atoms with E-state index in [0.717, 1.165) is 33.6 Å². The first-order chi connectivity index (χ1) is 33.2. The Hall–Kier alpha value is -8.11. The summed E-state index contributed by atoms with van der Waals surface area (Å²) in [4.78, 5) is 13.1. The first-order valence-electron chi connectivity index (χ1n) is 23.1. The molecule has 0 fully saturated rings. The highest BCUT2D eigenvalue weighted by Gasteiger charge is 2.58. The molecule has 2 heterocycles. The predicted molar refractivity (Wildman–Crippen MR) is 275 cm³/mol. The number of hydrogen-bond donors (Lipinski definition) is 0. The number of hydrogen-bond acceptors (Lipinski definition) is 3. The van der Waals surface area contributed by atoms with Gasteiger partial charge in [-0.25, -0.2) is 9.97 Å². The van der Waals surface area contributed by atoms with E-state index in [1.165, 1.54) is 81.8 Å². The molecule has 1 aliphatic heterocycles. The van der Waals surface area contributed by atoms with Crippen LogP contribution in [0.2, 0.25) is 0 Å². The topological polar surface area (TPSA) is 25.8 Å². The highest BCUT2D eigenvalue weighted by molar-refractivity contribution is 7.99. The number of rotatable bonds is 4. The van der Waals surface area contributed by atoms with Gasteiger partial charge < -0.3 is 0 Å². The first-order valence-corrected chi connectivity index (χ1v) is 23.9. The van der Waals surface area contributed by atoms with Crippen LogP contribution in [0.3, 0.4) is 0 Å². The lowest BCUT2D eigenvalue weighted by atomic mass is 9.51. The van der Waals surface area contributed by atoms with Gasteiger partial charge in [0, 0.05) is 26.5 Å². The maximum absolute atomic E-state index is 5.33. The van der Waals surface area contributed by atoms with Crippen LogP contribution in [-0.2, 0) is 10.8 Å². The van der Waals surface area contributed by atoms with Crippen molar-refractivity contribution in [3.05, 3.63) is 287 Å². The maximum atomic E-state index is 5.33. The minimum absolute atomic E-state index is 0.489. The van der Waals surface area contributed by atoms with E-state index in [9.17, 15) is 0 Å². The molecule has 0 radical (unpaired) electrons. The molecule has 0 amide bonds. The molecule has 14 rings (SSSR count). The van der Waals surface area contributed by atoms with Gasteiger partial charge in [0.2, 0.25) is 0 Å². The van der Waals surface area contributed by atoms with Crippen LogP contribution in [-0.4, -0.2) is 9.97 Å². The van der Waals surface area contributed by atoms with E-state index in [2.05, 4.69) is 243 Å². The molecule has 3 aliphatic rings. The van der Waals surface area contributed by atoms with Crippen LogP contribution >= 0.6 is 11.8 Å².